The average molecular weight is 493 g/mol. The van der Waals surface area contributed by atoms with Crippen LogP contribution in [-0.4, -0.2) is 26.8 Å². The van der Waals surface area contributed by atoms with Gasteiger partial charge in [-0.15, -0.1) is 6.58 Å². The van der Waals surface area contributed by atoms with Crippen molar-refractivity contribution in [1.29, 1.82) is 0 Å². The van der Waals surface area contributed by atoms with Gasteiger partial charge in [-0.25, -0.2) is 18.2 Å². The van der Waals surface area contributed by atoms with Gasteiger partial charge in [0.1, 0.15) is 0 Å². The maximum absolute atomic E-state index is 13.5. The van der Waals surface area contributed by atoms with Gasteiger partial charge < -0.3 is 4.74 Å². The summed E-state index contributed by atoms with van der Waals surface area (Å²) in [5.41, 5.74) is 2.40. The SMILES string of the molecule is C=CCN(c1ccccc1C1=N/C(=C/c2cccc(Cl)c2)C(=O)O1)S(=O)(=O)c1ccc(C)cc1. The number of nitrogens with zero attached hydrogens (tertiary/aromatic N) is 2. The standard InChI is InChI=1S/C26H21ClN2O4S/c1-3-15-29(34(31,32)21-13-11-18(2)12-14-21)24-10-5-4-9-22(24)25-28-23(26(30)33-25)17-19-7-6-8-20(27)16-19/h3-14,16-17H,1,15H2,2H3/b23-17+. The lowest BCUT2D eigenvalue weighted by molar-refractivity contribution is -0.129. The first-order valence-corrected chi connectivity index (χ1v) is 12.2. The van der Waals surface area contributed by atoms with E-state index in [1.807, 2.05) is 6.92 Å². The Hall–Kier alpha value is -3.68. The van der Waals surface area contributed by atoms with Crippen molar-refractivity contribution in [2.24, 2.45) is 4.99 Å². The van der Waals surface area contributed by atoms with Crippen LogP contribution in [0.4, 0.5) is 5.69 Å². The summed E-state index contributed by atoms with van der Waals surface area (Å²) in [6.07, 6.45) is 3.06. The normalized spacial score (nSPS) is 14.6. The van der Waals surface area contributed by atoms with Gasteiger partial charge in [-0.1, -0.05) is 59.6 Å². The third-order valence-electron chi connectivity index (χ3n) is 5.08. The van der Waals surface area contributed by atoms with Gasteiger partial charge in [0.2, 0.25) is 5.90 Å². The van der Waals surface area contributed by atoms with Crippen LogP contribution < -0.4 is 4.31 Å². The van der Waals surface area contributed by atoms with E-state index in [4.69, 9.17) is 16.3 Å². The monoisotopic (exact) mass is 492 g/mol. The fourth-order valence-corrected chi connectivity index (χ4v) is 5.08. The van der Waals surface area contributed by atoms with Crippen LogP contribution in [0.15, 0.2) is 101 Å². The van der Waals surface area contributed by atoms with Crippen LogP contribution in [-0.2, 0) is 19.6 Å². The highest BCUT2D eigenvalue weighted by atomic mass is 35.5. The Morgan fingerprint density at radius 2 is 1.79 bits per heavy atom. The minimum Gasteiger partial charge on any atom is -0.402 e. The molecule has 0 spiro atoms. The van der Waals surface area contributed by atoms with Gasteiger partial charge in [0.05, 0.1) is 22.7 Å². The van der Waals surface area contributed by atoms with Crippen LogP contribution in [0.3, 0.4) is 0 Å². The summed E-state index contributed by atoms with van der Waals surface area (Å²) in [6, 6.07) is 20.3. The molecule has 8 heteroatoms. The van der Waals surface area contributed by atoms with Gasteiger partial charge >= 0.3 is 5.97 Å². The van der Waals surface area contributed by atoms with Crippen LogP contribution in [0, 0.1) is 6.92 Å². The predicted octanol–water partition coefficient (Wildman–Crippen LogP) is 5.37. The van der Waals surface area contributed by atoms with E-state index >= 15 is 0 Å². The number of rotatable bonds is 7. The molecule has 0 bridgehead atoms. The summed E-state index contributed by atoms with van der Waals surface area (Å²) in [6.45, 7) is 5.61. The van der Waals surface area contributed by atoms with Crippen molar-refractivity contribution in [3.63, 3.8) is 0 Å². The maximum atomic E-state index is 13.5. The van der Waals surface area contributed by atoms with Gasteiger partial charge in [-0.2, -0.15) is 0 Å². The first-order valence-electron chi connectivity index (χ1n) is 10.4. The Kier molecular flexibility index (Phi) is 6.68. The second kappa shape index (κ2) is 9.67. The molecule has 1 aliphatic rings. The Bertz CT molecular complexity index is 1430. The number of benzene rings is 3. The molecule has 0 unspecified atom stereocenters. The Morgan fingerprint density at radius 3 is 2.50 bits per heavy atom. The molecule has 0 aliphatic carbocycles. The number of sulfonamides is 1. The average Bonchev–Trinajstić information content (AvgIpc) is 3.17. The Balaban J connectivity index is 1.78. The number of carbonyl (C=O) groups excluding carboxylic acids is 1. The van der Waals surface area contributed by atoms with Crippen LogP contribution >= 0.6 is 11.6 Å². The number of halogens is 1. The Morgan fingerprint density at radius 1 is 1.06 bits per heavy atom. The summed E-state index contributed by atoms with van der Waals surface area (Å²) in [5.74, 6) is -0.622. The van der Waals surface area contributed by atoms with Gasteiger partial charge in [-0.3, -0.25) is 4.31 Å². The molecule has 4 rings (SSSR count). The predicted molar refractivity (Wildman–Crippen MR) is 134 cm³/mol. The number of hydrogen-bond donors (Lipinski definition) is 0. The highest BCUT2D eigenvalue weighted by molar-refractivity contribution is 7.92. The number of ether oxygens (including phenoxy) is 1. The van der Waals surface area contributed by atoms with Crippen LogP contribution in [0.25, 0.3) is 6.08 Å². The number of para-hydroxylation sites is 1. The number of esters is 1. The van der Waals surface area contributed by atoms with Gasteiger partial charge in [-0.05, 0) is 55.0 Å². The van der Waals surface area contributed by atoms with Crippen LogP contribution in [0.5, 0.6) is 0 Å². The molecule has 0 amide bonds. The number of aliphatic imine (C=N–C) groups is 1. The van der Waals surface area contributed by atoms with E-state index in [0.29, 0.717) is 21.8 Å². The molecule has 3 aromatic carbocycles. The second-order valence-corrected chi connectivity index (χ2v) is 9.84. The zero-order valence-electron chi connectivity index (χ0n) is 18.3. The van der Waals surface area contributed by atoms with Crippen molar-refractivity contribution in [3.05, 3.63) is 113 Å². The topological polar surface area (TPSA) is 76.0 Å². The molecule has 0 atom stereocenters. The van der Waals surface area contributed by atoms with Crippen molar-refractivity contribution in [2.45, 2.75) is 11.8 Å². The summed E-state index contributed by atoms with van der Waals surface area (Å²) in [4.78, 5) is 17.0. The summed E-state index contributed by atoms with van der Waals surface area (Å²) in [7, 11) is -3.93. The fraction of sp³-hybridized carbons (Fsp3) is 0.0769. The lowest BCUT2D eigenvalue weighted by atomic mass is 10.1. The summed E-state index contributed by atoms with van der Waals surface area (Å²) in [5, 5.41) is 0.525. The maximum Gasteiger partial charge on any atom is 0.363 e. The first kappa shape index (κ1) is 23.5. The number of anilines is 1. The first-order chi connectivity index (χ1) is 16.3. The lowest BCUT2D eigenvalue weighted by Crippen LogP contribution is -2.32. The van der Waals surface area contributed by atoms with Crippen molar-refractivity contribution in [1.82, 2.24) is 0 Å². The molecule has 172 valence electrons. The number of aryl methyl sites for hydroxylation is 1. The highest BCUT2D eigenvalue weighted by Crippen LogP contribution is 2.30. The van der Waals surface area contributed by atoms with Gasteiger partial charge in [0, 0.05) is 5.02 Å². The van der Waals surface area contributed by atoms with E-state index in [9.17, 15) is 13.2 Å². The molecular weight excluding hydrogens is 472 g/mol. The van der Waals surface area contributed by atoms with Gasteiger partial charge in [0.25, 0.3) is 10.0 Å². The molecule has 1 heterocycles. The van der Waals surface area contributed by atoms with Crippen molar-refractivity contribution >= 4 is 45.3 Å². The molecular formula is C26H21ClN2O4S. The third-order valence-corrected chi connectivity index (χ3v) is 7.11. The molecule has 0 saturated heterocycles. The fourth-order valence-electron chi connectivity index (χ4n) is 3.43. The largest absolute Gasteiger partial charge is 0.402 e. The van der Waals surface area contributed by atoms with Crippen LogP contribution in [0.1, 0.15) is 16.7 Å². The summed E-state index contributed by atoms with van der Waals surface area (Å²) < 4.78 is 33.7. The highest BCUT2D eigenvalue weighted by Gasteiger charge is 2.31. The van der Waals surface area contributed by atoms with E-state index in [0.717, 1.165) is 5.56 Å². The van der Waals surface area contributed by atoms with Crippen LogP contribution in [0.2, 0.25) is 5.02 Å². The zero-order chi connectivity index (χ0) is 24.3. The van der Waals surface area contributed by atoms with E-state index in [1.54, 1.807) is 78.9 Å². The Labute approximate surface area is 203 Å². The number of cyclic esters (lactones) is 1. The van der Waals surface area contributed by atoms with Gasteiger partial charge in [0.15, 0.2) is 5.70 Å². The molecule has 1 aliphatic heterocycles. The number of hydrogen-bond acceptors (Lipinski definition) is 5. The lowest BCUT2D eigenvalue weighted by Gasteiger charge is -2.25. The van der Waals surface area contributed by atoms with Crippen molar-refractivity contribution < 1.29 is 17.9 Å². The number of carbonyl (C=O) groups is 1. The minimum absolute atomic E-state index is 0.0136. The van der Waals surface area contributed by atoms with E-state index in [1.165, 1.54) is 10.4 Å². The van der Waals surface area contributed by atoms with E-state index < -0.39 is 16.0 Å². The molecule has 0 aromatic heterocycles. The third kappa shape index (κ3) is 4.81. The van der Waals surface area contributed by atoms with E-state index in [-0.39, 0.29) is 23.0 Å². The van der Waals surface area contributed by atoms with E-state index in [2.05, 4.69) is 11.6 Å². The summed E-state index contributed by atoms with van der Waals surface area (Å²) >= 11 is 6.03. The molecule has 6 nitrogen and oxygen atoms in total. The molecule has 0 fully saturated rings. The molecule has 0 saturated carbocycles. The second-order valence-electron chi connectivity index (χ2n) is 7.55. The minimum atomic E-state index is -3.93. The molecule has 34 heavy (non-hydrogen) atoms. The van der Waals surface area contributed by atoms with Crippen molar-refractivity contribution in [3.8, 4) is 0 Å². The molecule has 3 aromatic rings. The zero-order valence-corrected chi connectivity index (χ0v) is 19.9. The molecule has 0 N–H and O–H groups in total. The molecule has 0 radical (unpaired) electrons. The smallest absolute Gasteiger partial charge is 0.363 e. The van der Waals surface area contributed by atoms with Crippen molar-refractivity contribution in [2.75, 3.05) is 10.8 Å². The quantitative estimate of drug-likeness (QED) is 0.252.